The van der Waals surface area contributed by atoms with Gasteiger partial charge in [-0.3, -0.25) is 9.59 Å². The van der Waals surface area contributed by atoms with Crippen LogP contribution in [0.1, 0.15) is 32.3 Å². The highest BCUT2D eigenvalue weighted by atomic mass is 16.4. The average Bonchev–Trinajstić information content (AvgIpc) is 3.20. The molecule has 0 spiro atoms. The maximum atomic E-state index is 11.8. The summed E-state index contributed by atoms with van der Waals surface area (Å²) in [6.45, 7) is 3.77. The molecule has 20 heavy (non-hydrogen) atoms. The first-order valence-corrected chi connectivity index (χ1v) is 6.77. The number of carboxylic acids is 1. The normalized spacial score (nSPS) is 17.6. The molecule has 1 aliphatic rings. The summed E-state index contributed by atoms with van der Waals surface area (Å²) in [6.07, 6.45) is 1.35. The van der Waals surface area contributed by atoms with Crippen LogP contribution in [0.15, 0.2) is 24.3 Å². The SMILES string of the molecule is CC(C)[C@@H](N)C(=O)Nc1ccc(C2(C(=O)O)CC2)cc1. The van der Waals surface area contributed by atoms with Gasteiger partial charge in [0, 0.05) is 5.69 Å². The Labute approximate surface area is 118 Å². The molecule has 0 saturated heterocycles. The van der Waals surface area contributed by atoms with Crippen LogP contribution in [0.2, 0.25) is 0 Å². The van der Waals surface area contributed by atoms with Crippen LogP contribution in [-0.4, -0.2) is 23.0 Å². The van der Waals surface area contributed by atoms with Crippen molar-refractivity contribution in [3.05, 3.63) is 29.8 Å². The highest BCUT2D eigenvalue weighted by Gasteiger charge is 2.51. The fourth-order valence-electron chi connectivity index (χ4n) is 2.15. The van der Waals surface area contributed by atoms with E-state index in [-0.39, 0.29) is 11.8 Å². The molecular weight excluding hydrogens is 256 g/mol. The second-order valence-electron chi connectivity index (χ2n) is 5.72. The van der Waals surface area contributed by atoms with Crippen LogP contribution in [0.5, 0.6) is 0 Å². The van der Waals surface area contributed by atoms with Crippen molar-refractivity contribution < 1.29 is 14.7 Å². The maximum Gasteiger partial charge on any atom is 0.314 e. The Morgan fingerprint density at radius 1 is 1.25 bits per heavy atom. The van der Waals surface area contributed by atoms with Crippen LogP contribution >= 0.6 is 0 Å². The summed E-state index contributed by atoms with van der Waals surface area (Å²) in [5.41, 5.74) is 6.48. The van der Waals surface area contributed by atoms with E-state index in [4.69, 9.17) is 5.73 Å². The molecule has 2 rings (SSSR count). The van der Waals surface area contributed by atoms with Gasteiger partial charge in [-0.15, -0.1) is 0 Å². The highest BCUT2D eigenvalue weighted by molar-refractivity contribution is 5.95. The van der Waals surface area contributed by atoms with Crippen molar-refractivity contribution in [2.75, 3.05) is 5.32 Å². The van der Waals surface area contributed by atoms with Gasteiger partial charge >= 0.3 is 5.97 Å². The monoisotopic (exact) mass is 276 g/mol. The Bertz CT molecular complexity index is 518. The highest BCUT2D eigenvalue weighted by Crippen LogP contribution is 2.48. The molecule has 5 heteroatoms. The van der Waals surface area contributed by atoms with Crippen molar-refractivity contribution in [3.63, 3.8) is 0 Å². The van der Waals surface area contributed by atoms with Crippen molar-refractivity contribution in [2.45, 2.75) is 38.1 Å². The fourth-order valence-corrected chi connectivity index (χ4v) is 2.15. The van der Waals surface area contributed by atoms with E-state index in [0.29, 0.717) is 18.5 Å². The summed E-state index contributed by atoms with van der Waals surface area (Å²) in [4.78, 5) is 23.1. The molecule has 4 N–H and O–H groups in total. The van der Waals surface area contributed by atoms with Crippen LogP contribution < -0.4 is 11.1 Å². The second-order valence-corrected chi connectivity index (χ2v) is 5.72. The van der Waals surface area contributed by atoms with E-state index in [1.54, 1.807) is 24.3 Å². The molecule has 0 unspecified atom stereocenters. The molecule has 1 aromatic rings. The predicted octanol–water partition coefficient (Wildman–Crippen LogP) is 1.72. The number of carboxylic acid groups (broad SMARTS) is 1. The number of carbonyl (C=O) groups is 2. The lowest BCUT2D eigenvalue weighted by molar-refractivity contribution is -0.140. The van der Waals surface area contributed by atoms with Gasteiger partial charge in [-0.1, -0.05) is 26.0 Å². The molecule has 1 amide bonds. The Morgan fingerprint density at radius 2 is 1.80 bits per heavy atom. The largest absolute Gasteiger partial charge is 0.481 e. The summed E-state index contributed by atoms with van der Waals surface area (Å²) >= 11 is 0. The standard InChI is InChI=1S/C15H20N2O3/c1-9(2)12(16)13(18)17-11-5-3-10(4-6-11)15(7-8-15)14(19)20/h3-6,9,12H,7-8,16H2,1-2H3,(H,17,18)(H,19,20)/t12-/m1/s1. The first-order chi connectivity index (χ1) is 9.36. The molecule has 0 aliphatic heterocycles. The van der Waals surface area contributed by atoms with E-state index in [2.05, 4.69) is 5.32 Å². The summed E-state index contributed by atoms with van der Waals surface area (Å²) in [6, 6.07) is 6.42. The van der Waals surface area contributed by atoms with E-state index in [9.17, 15) is 14.7 Å². The number of hydrogen-bond donors (Lipinski definition) is 3. The van der Waals surface area contributed by atoms with E-state index in [1.807, 2.05) is 13.8 Å². The van der Waals surface area contributed by atoms with E-state index in [0.717, 1.165) is 5.56 Å². The van der Waals surface area contributed by atoms with Gasteiger partial charge in [0.05, 0.1) is 11.5 Å². The molecule has 0 radical (unpaired) electrons. The van der Waals surface area contributed by atoms with Crippen LogP contribution in [0.4, 0.5) is 5.69 Å². The van der Waals surface area contributed by atoms with Gasteiger partial charge in [0.1, 0.15) is 0 Å². The van der Waals surface area contributed by atoms with E-state index >= 15 is 0 Å². The van der Waals surface area contributed by atoms with Gasteiger partial charge in [-0.25, -0.2) is 0 Å². The predicted molar refractivity (Wildman–Crippen MR) is 76.4 cm³/mol. The molecule has 1 fully saturated rings. The van der Waals surface area contributed by atoms with Gasteiger partial charge in [-0.05, 0) is 36.5 Å². The fraction of sp³-hybridized carbons (Fsp3) is 0.467. The molecular formula is C15H20N2O3. The third kappa shape index (κ3) is 2.67. The molecule has 0 bridgehead atoms. The van der Waals surface area contributed by atoms with Crippen LogP contribution in [0.3, 0.4) is 0 Å². The van der Waals surface area contributed by atoms with Crippen LogP contribution in [0, 0.1) is 5.92 Å². The smallest absolute Gasteiger partial charge is 0.314 e. The lowest BCUT2D eigenvalue weighted by atomic mass is 9.96. The zero-order chi connectivity index (χ0) is 14.9. The third-order valence-corrected chi connectivity index (χ3v) is 3.89. The maximum absolute atomic E-state index is 11.8. The molecule has 0 aromatic heterocycles. The second kappa shape index (κ2) is 5.25. The van der Waals surface area contributed by atoms with Crippen LogP contribution in [0.25, 0.3) is 0 Å². The molecule has 1 aromatic carbocycles. The van der Waals surface area contributed by atoms with Crippen LogP contribution in [-0.2, 0) is 15.0 Å². The molecule has 5 nitrogen and oxygen atoms in total. The minimum Gasteiger partial charge on any atom is -0.481 e. The number of hydrogen-bond acceptors (Lipinski definition) is 3. The number of aliphatic carboxylic acids is 1. The minimum atomic E-state index is -0.781. The number of anilines is 1. The molecule has 1 atom stereocenters. The van der Waals surface area contributed by atoms with Gasteiger partial charge in [0.2, 0.25) is 5.91 Å². The Kier molecular flexibility index (Phi) is 3.81. The minimum absolute atomic E-state index is 0.0658. The summed E-state index contributed by atoms with van der Waals surface area (Å²) in [5.74, 6) is -0.945. The summed E-state index contributed by atoms with van der Waals surface area (Å²) < 4.78 is 0. The lowest BCUT2D eigenvalue weighted by Gasteiger charge is -2.16. The van der Waals surface area contributed by atoms with Gasteiger partial charge in [0.15, 0.2) is 0 Å². The van der Waals surface area contributed by atoms with Crippen molar-refractivity contribution in [2.24, 2.45) is 11.7 Å². The molecule has 108 valence electrons. The first-order valence-electron chi connectivity index (χ1n) is 6.77. The van der Waals surface area contributed by atoms with Crippen molar-refractivity contribution in [1.29, 1.82) is 0 Å². The summed E-state index contributed by atoms with van der Waals surface area (Å²) in [7, 11) is 0. The summed E-state index contributed by atoms with van der Waals surface area (Å²) in [5, 5.41) is 12.0. The Balaban J connectivity index is 2.06. The Hall–Kier alpha value is -1.88. The first kappa shape index (κ1) is 14.5. The van der Waals surface area contributed by atoms with Crippen molar-refractivity contribution in [1.82, 2.24) is 0 Å². The van der Waals surface area contributed by atoms with Gasteiger partial charge in [0.25, 0.3) is 0 Å². The van der Waals surface area contributed by atoms with Crippen molar-refractivity contribution in [3.8, 4) is 0 Å². The van der Waals surface area contributed by atoms with Crippen molar-refractivity contribution >= 4 is 17.6 Å². The number of nitrogens with one attached hydrogen (secondary N) is 1. The van der Waals surface area contributed by atoms with E-state index < -0.39 is 17.4 Å². The van der Waals surface area contributed by atoms with Gasteiger partial charge in [-0.2, -0.15) is 0 Å². The van der Waals surface area contributed by atoms with E-state index in [1.165, 1.54) is 0 Å². The molecule has 0 heterocycles. The topological polar surface area (TPSA) is 92.4 Å². The van der Waals surface area contributed by atoms with Gasteiger partial charge < -0.3 is 16.2 Å². The number of amides is 1. The quantitative estimate of drug-likeness (QED) is 0.763. The third-order valence-electron chi connectivity index (χ3n) is 3.89. The number of benzene rings is 1. The number of nitrogens with two attached hydrogens (primary N) is 1. The molecule has 1 saturated carbocycles. The number of carbonyl (C=O) groups excluding carboxylic acids is 1. The lowest BCUT2D eigenvalue weighted by Crippen LogP contribution is -2.39. The average molecular weight is 276 g/mol. The Morgan fingerprint density at radius 3 is 2.20 bits per heavy atom. The molecule has 1 aliphatic carbocycles. The zero-order valence-corrected chi connectivity index (χ0v) is 11.7. The number of rotatable bonds is 5. The zero-order valence-electron chi connectivity index (χ0n) is 11.7.